The molecule has 2 rings (SSSR count). The number of thiophene rings is 1. The molecule has 0 bridgehead atoms. The van der Waals surface area contributed by atoms with Crippen LogP contribution in [0.25, 0.3) is 0 Å². The summed E-state index contributed by atoms with van der Waals surface area (Å²) in [6, 6.07) is 10.1. The Kier molecular flexibility index (Phi) is 15.9. The maximum atomic E-state index is 10.8. The molecule has 12 nitrogen and oxygen atoms in total. The summed E-state index contributed by atoms with van der Waals surface area (Å²) in [5.41, 5.74) is 3.61. The number of anilines is 1. The number of nitrogens with zero attached hydrogens (tertiary/aromatic N) is 6. The van der Waals surface area contributed by atoms with Gasteiger partial charge in [-0.2, -0.15) is 18.9 Å². The Morgan fingerprint density at radius 3 is 2.43 bits per heavy atom. The summed E-state index contributed by atoms with van der Waals surface area (Å²) in [5.74, 6) is -0.250. The molecule has 1 atom stereocenters. The topological polar surface area (TPSA) is 161 Å². The first-order valence-corrected chi connectivity index (χ1v) is 17.0. The van der Waals surface area contributed by atoms with Crippen molar-refractivity contribution in [3.63, 3.8) is 0 Å². The van der Waals surface area contributed by atoms with E-state index in [1.807, 2.05) is 50.9 Å². The quantitative estimate of drug-likeness (QED) is 0.112. The molecule has 0 spiro atoms. The van der Waals surface area contributed by atoms with Crippen LogP contribution >= 0.6 is 11.3 Å². The number of hydrogen-bond donors (Lipinski definition) is 1. The number of azo groups is 1. The first-order chi connectivity index (χ1) is 20.9. The number of ether oxygens (including phenoxy) is 3. The Bertz CT molecular complexity index is 1410. The minimum absolute atomic E-state index is 0.0635. The number of rotatable bonds is 20. The van der Waals surface area contributed by atoms with Crippen LogP contribution in [-0.2, 0) is 24.3 Å². The Labute approximate surface area is 265 Å². The number of benzene rings is 1. The zero-order valence-corrected chi connectivity index (χ0v) is 28.1. The second-order valence-corrected chi connectivity index (χ2v) is 13.2. The summed E-state index contributed by atoms with van der Waals surface area (Å²) in [4.78, 5) is 4.63. The highest BCUT2D eigenvalue weighted by atomic mass is 32.2. The Morgan fingerprint density at radius 1 is 1.07 bits per heavy atom. The van der Waals surface area contributed by atoms with Gasteiger partial charge in [0.1, 0.15) is 17.0 Å². The van der Waals surface area contributed by atoms with Crippen molar-refractivity contribution >= 4 is 37.8 Å². The molecular weight excluding hydrogens is 604 g/mol. The molecule has 1 heterocycles. The lowest BCUT2D eigenvalue weighted by atomic mass is 10.1. The third kappa shape index (κ3) is 13.0. The molecular formula is C30H44N6O6S2. The van der Waals surface area contributed by atoms with Crippen LogP contribution in [0.15, 0.2) is 28.4 Å². The van der Waals surface area contributed by atoms with Gasteiger partial charge < -0.3 is 24.0 Å². The third-order valence-electron chi connectivity index (χ3n) is 6.70. The van der Waals surface area contributed by atoms with Crippen LogP contribution in [0.2, 0.25) is 0 Å². The van der Waals surface area contributed by atoms with E-state index in [-0.39, 0.29) is 18.0 Å². The molecule has 0 fully saturated rings. The van der Waals surface area contributed by atoms with Crippen LogP contribution in [0.4, 0.5) is 16.4 Å². The lowest BCUT2D eigenvalue weighted by Gasteiger charge is -2.29. The summed E-state index contributed by atoms with van der Waals surface area (Å²) in [6.07, 6.45) is 0.233. The highest BCUT2D eigenvalue weighted by molar-refractivity contribution is 7.85. The predicted molar refractivity (Wildman–Crippen MR) is 172 cm³/mol. The van der Waals surface area contributed by atoms with Gasteiger partial charge in [-0.05, 0) is 84.0 Å². The van der Waals surface area contributed by atoms with Crippen LogP contribution in [0.3, 0.4) is 0 Å². The van der Waals surface area contributed by atoms with E-state index in [0.29, 0.717) is 79.2 Å². The standard InChI is InChI=1S/C30H44N6O6S2/c1-7-36(25-9-10-28(23(4)17-25)33-34-30-27(18-31)24(5)29(19-32)43-30)20-26(21-42-22(2)3)41-15-14-40-13-12-35(6)11-8-16-44(37,38)39/h9-10,17,22,26H,7-8,11-16,20-21H2,1-6H3,(H,37,38,39)/b34-33+. The monoisotopic (exact) mass is 648 g/mol. The van der Waals surface area contributed by atoms with Gasteiger partial charge in [-0.3, -0.25) is 4.55 Å². The molecule has 0 aliphatic carbocycles. The molecule has 0 saturated carbocycles. The van der Waals surface area contributed by atoms with Gasteiger partial charge in [-0.25, -0.2) is 0 Å². The highest BCUT2D eigenvalue weighted by Crippen LogP contribution is 2.36. The summed E-state index contributed by atoms with van der Waals surface area (Å²) in [6.45, 7) is 14.0. The van der Waals surface area contributed by atoms with Gasteiger partial charge in [0, 0.05) is 25.3 Å². The maximum Gasteiger partial charge on any atom is 0.264 e. The van der Waals surface area contributed by atoms with Gasteiger partial charge in [-0.15, -0.1) is 21.6 Å². The van der Waals surface area contributed by atoms with E-state index in [2.05, 4.69) is 34.2 Å². The number of likely N-dealkylation sites (N-methyl/N-ethyl adjacent to an activating group) is 2. The molecule has 2 aromatic rings. The van der Waals surface area contributed by atoms with Gasteiger partial charge in [0.15, 0.2) is 5.00 Å². The van der Waals surface area contributed by atoms with E-state index in [1.54, 1.807) is 6.92 Å². The van der Waals surface area contributed by atoms with Gasteiger partial charge in [0.05, 0.1) is 55.6 Å². The smallest absolute Gasteiger partial charge is 0.264 e. The fraction of sp³-hybridized carbons (Fsp3) is 0.600. The van der Waals surface area contributed by atoms with Crippen molar-refractivity contribution in [2.75, 3.05) is 70.3 Å². The van der Waals surface area contributed by atoms with E-state index in [4.69, 9.17) is 18.8 Å². The Hall–Kier alpha value is -2.95. The first-order valence-electron chi connectivity index (χ1n) is 14.5. The maximum absolute atomic E-state index is 10.8. The third-order valence-corrected chi connectivity index (χ3v) is 8.58. The van der Waals surface area contributed by atoms with Crippen molar-refractivity contribution in [3.05, 3.63) is 39.8 Å². The van der Waals surface area contributed by atoms with E-state index in [1.165, 1.54) is 0 Å². The molecule has 44 heavy (non-hydrogen) atoms. The lowest BCUT2D eigenvalue weighted by molar-refractivity contribution is -0.0484. The molecule has 0 saturated heterocycles. The SMILES string of the molecule is CCN(CC(COC(C)C)OCCOCCN(C)CCCS(=O)(=O)O)c1ccc(/N=N/c2sc(C#N)c(C)c2C#N)c(C)c1. The van der Waals surface area contributed by atoms with Crippen LogP contribution in [-0.4, -0.2) is 95.5 Å². The van der Waals surface area contributed by atoms with E-state index in [0.717, 1.165) is 29.1 Å². The molecule has 1 aromatic carbocycles. The summed E-state index contributed by atoms with van der Waals surface area (Å²) in [7, 11) is -2.06. The van der Waals surface area contributed by atoms with Crippen LogP contribution in [0, 0.1) is 36.5 Å². The zero-order valence-electron chi connectivity index (χ0n) is 26.4. The molecule has 1 aromatic heterocycles. The Morgan fingerprint density at radius 2 is 1.82 bits per heavy atom. The fourth-order valence-electron chi connectivity index (χ4n) is 4.20. The summed E-state index contributed by atoms with van der Waals surface area (Å²) in [5, 5.41) is 27.8. The largest absolute Gasteiger partial charge is 0.378 e. The average molecular weight is 649 g/mol. The average Bonchev–Trinajstić information content (AvgIpc) is 3.28. The van der Waals surface area contributed by atoms with Crippen molar-refractivity contribution in [1.29, 1.82) is 10.5 Å². The molecule has 1 unspecified atom stereocenters. The van der Waals surface area contributed by atoms with Gasteiger partial charge in [0.25, 0.3) is 10.1 Å². The summed E-state index contributed by atoms with van der Waals surface area (Å²) >= 11 is 1.16. The van der Waals surface area contributed by atoms with Crippen LogP contribution < -0.4 is 4.90 Å². The number of hydrogen-bond acceptors (Lipinski definition) is 12. The molecule has 1 N–H and O–H groups in total. The van der Waals surface area contributed by atoms with Crippen LogP contribution in [0.5, 0.6) is 0 Å². The number of aryl methyl sites for hydroxylation is 1. The van der Waals surface area contributed by atoms with Gasteiger partial charge in [-0.1, -0.05) is 0 Å². The molecule has 0 amide bonds. The Balaban J connectivity index is 1.95. The molecule has 0 aliphatic heterocycles. The highest BCUT2D eigenvalue weighted by Gasteiger charge is 2.18. The van der Waals surface area contributed by atoms with E-state index in [9.17, 15) is 18.9 Å². The van der Waals surface area contributed by atoms with Crippen molar-refractivity contribution in [2.45, 2.75) is 53.2 Å². The van der Waals surface area contributed by atoms with Gasteiger partial charge in [0.2, 0.25) is 0 Å². The van der Waals surface area contributed by atoms with Crippen molar-refractivity contribution in [1.82, 2.24) is 4.90 Å². The van der Waals surface area contributed by atoms with Gasteiger partial charge >= 0.3 is 0 Å². The van der Waals surface area contributed by atoms with E-state index < -0.39 is 10.1 Å². The molecule has 0 radical (unpaired) electrons. The van der Waals surface area contributed by atoms with Crippen molar-refractivity contribution in [3.8, 4) is 12.1 Å². The second kappa shape index (κ2) is 18.8. The normalized spacial score (nSPS) is 12.6. The lowest BCUT2D eigenvalue weighted by Crippen LogP contribution is -2.38. The number of nitriles is 2. The minimum atomic E-state index is -3.93. The minimum Gasteiger partial charge on any atom is -0.378 e. The van der Waals surface area contributed by atoms with Crippen LogP contribution in [0.1, 0.15) is 48.8 Å². The molecule has 242 valence electrons. The predicted octanol–water partition coefficient (Wildman–Crippen LogP) is 5.39. The van der Waals surface area contributed by atoms with E-state index >= 15 is 0 Å². The first kappa shape index (κ1) is 37.2. The van der Waals surface area contributed by atoms with Crippen molar-refractivity contribution in [2.24, 2.45) is 10.2 Å². The molecule has 14 heteroatoms. The zero-order chi connectivity index (χ0) is 32.7. The van der Waals surface area contributed by atoms with Crippen molar-refractivity contribution < 1.29 is 27.2 Å². The summed E-state index contributed by atoms with van der Waals surface area (Å²) < 4.78 is 48.3. The molecule has 0 aliphatic rings. The fourth-order valence-corrected chi connectivity index (χ4v) is 5.57. The second-order valence-electron chi connectivity index (χ2n) is 10.6.